The Kier molecular flexibility index (Phi) is 4.79. The molecule has 0 saturated carbocycles. The lowest BCUT2D eigenvalue weighted by molar-refractivity contribution is -0.113. The SMILES string of the molecule is Cc1cc(/C=C2/SC(=O)N(c3ccc(Cl)cc3)C2=O)c(C)n1-c1ccc2c(c1)OCO2. The highest BCUT2D eigenvalue weighted by Gasteiger charge is 2.36. The standard InChI is InChI=1S/C23H17ClN2O4S/c1-13-9-15(14(2)25(13)18-7-8-19-20(11-18)30-12-29-19)10-21-22(27)26(23(28)31-21)17-5-3-16(24)4-6-17/h3-11H,12H2,1-2H3/b21-10+. The van der Waals surface area contributed by atoms with Crippen LogP contribution in [0.4, 0.5) is 10.5 Å². The molecule has 3 aromatic rings. The van der Waals surface area contributed by atoms with Crippen molar-refractivity contribution in [2.45, 2.75) is 13.8 Å². The molecule has 0 atom stereocenters. The second-order valence-corrected chi connectivity index (χ2v) is 8.62. The number of carbonyl (C=O) groups excluding carboxylic acids is 2. The molecule has 0 unspecified atom stereocenters. The Labute approximate surface area is 188 Å². The number of amides is 2. The summed E-state index contributed by atoms with van der Waals surface area (Å²) in [5.41, 5.74) is 4.26. The van der Waals surface area contributed by atoms with E-state index in [1.807, 2.05) is 38.1 Å². The molecular weight excluding hydrogens is 436 g/mol. The van der Waals surface area contributed by atoms with Crippen LogP contribution in [0.2, 0.25) is 5.02 Å². The smallest absolute Gasteiger partial charge is 0.298 e. The minimum Gasteiger partial charge on any atom is -0.454 e. The van der Waals surface area contributed by atoms with Gasteiger partial charge in [-0.15, -0.1) is 0 Å². The number of ether oxygens (including phenoxy) is 2. The van der Waals surface area contributed by atoms with Crippen LogP contribution in [0, 0.1) is 13.8 Å². The predicted molar refractivity (Wildman–Crippen MR) is 121 cm³/mol. The number of rotatable bonds is 3. The van der Waals surface area contributed by atoms with Gasteiger partial charge in [-0.2, -0.15) is 0 Å². The van der Waals surface area contributed by atoms with E-state index in [9.17, 15) is 9.59 Å². The maximum absolute atomic E-state index is 13.0. The van der Waals surface area contributed by atoms with Gasteiger partial charge in [0.15, 0.2) is 11.5 Å². The maximum atomic E-state index is 13.0. The third-order valence-corrected chi connectivity index (χ3v) is 6.37. The van der Waals surface area contributed by atoms with Crippen molar-refractivity contribution in [3.05, 3.63) is 75.4 Å². The molecule has 5 rings (SSSR count). The Morgan fingerprint density at radius 1 is 0.968 bits per heavy atom. The zero-order valence-corrected chi connectivity index (χ0v) is 18.3. The Morgan fingerprint density at radius 3 is 2.45 bits per heavy atom. The number of hydrogen-bond acceptors (Lipinski definition) is 5. The first-order chi connectivity index (χ1) is 14.9. The van der Waals surface area contributed by atoms with E-state index in [4.69, 9.17) is 21.1 Å². The van der Waals surface area contributed by atoms with E-state index >= 15 is 0 Å². The maximum Gasteiger partial charge on any atom is 0.298 e. The number of fused-ring (bicyclic) bond motifs is 1. The van der Waals surface area contributed by atoms with E-state index in [2.05, 4.69) is 4.57 Å². The van der Waals surface area contributed by atoms with Crippen LogP contribution >= 0.6 is 23.4 Å². The van der Waals surface area contributed by atoms with E-state index in [-0.39, 0.29) is 17.9 Å². The van der Waals surface area contributed by atoms with Gasteiger partial charge >= 0.3 is 0 Å². The average molecular weight is 453 g/mol. The lowest BCUT2D eigenvalue weighted by Gasteiger charge is -2.12. The van der Waals surface area contributed by atoms with Crippen molar-refractivity contribution in [3.8, 4) is 17.2 Å². The summed E-state index contributed by atoms with van der Waals surface area (Å²) in [7, 11) is 0. The fraction of sp³-hybridized carbons (Fsp3) is 0.130. The molecule has 0 spiro atoms. The summed E-state index contributed by atoms with van der Waals surface area (Å²) in [5, 5.41) is 0.213. The molecule has 8 heteroatoms. The lowest BCUT2D eigenvalue weighted by Crippen LogP contribution is -2.27. The minimum atomic E-state index is -0.342. The third kappa shape index (κ3) is 3.40. The Balaban J connectivity index is 1.49. The monoisotopic (exact) mass is 452 g/mol. The fourth-order valence-corrected chi connectivity index (χ4v) is 4.74. The van der Waals surface area contributed by atoms with Crippen LogP contribution in [0.25, 0.3) is 11.8 Å². The number of benzene rings is 2. The molecule has 2 aliphatic heterocycles. The Hall–Kier alpha value is -3.16. The second kappa shape index (κ2) is 7.51. The molecule has 2 amide bonds. The lowest BCUT2D eigenvalue weighted by atomic mass is 10.2. The topological polar surface area (TPSA) is 60.8 Å². The summed E-state index contributed by atoms with van der Waals surface area (Å²) in [4.78, 5) is 27.0. The van der Waals surface area contributed by atoms with Gasteiger partial charge in [-0.05, 0) is 79.7 Å². The summed E-state index contributed by atoms with van der Waals surface area (Å²) in [6.45, 7) is 4.19. The van der Waals surface area contributed by atoms with Crippen LogP contribution in [0.5, 0.6) is 11.5 Å². The van der Waals surface area contributed by atoms with Crippen LogP contribution in [0.3, 0.4) is 0 Å². The van der Waals surface area contributed by atoms with E-state index in [0.29, 0.717) is 21.4 Å². The molecule has 0 radical (unpaired) electrons. The number of nitrogens with zero attached hydrogens (tertiary/aromatic N) is 2. The van der Waals surface area contributed by atoms with Crippen molar-refractivity contribution in [1.82, 2.24) is 4.57 Å². The fourth-order valence-electron chi connectivity index (χ4n) is 3.78. The molecule has 31 heavy (non-hydrogen) atoms. The van der Waals surface area contributed by atoms with Crippen molar-refractivity contribution in [3.63, 3.8) is 0 Å². The van der Waals surface area contributed by atoms with Gasteiger partial charge in [0.1, 0.15) is 0 Å². The molecular formula is C23H17ClN2O4S. The molecule has 0 bridgehead atoms. The minimum absolute atomic E-state index is 0.220. The van der Waals surface area contributed by atoms with Gasteiger partial charge in [0.05, 0.1) is 10.6 Å². The summed E-state index contributed by atoms with van der Waals surface area (Å²) in [5.74, 6) is 1.09. The first kappa shape index (κ1) is 19.8. The van der Waals surface area contributed by atoms with E-state index in [1.54, 1.807) is 30.3 Å². The number of aromatic nitrogens is 1. The van der Waals surface area contributed by atoms with Crippen molar-refractivity contribution in [1.29, 1.82) is 0 Å². The van der Waals surface area contributed by atoms with E-state index in [1.165, 1.54) is 4.90 Å². The molecule has 2 aliphatic rings. The van der Waals surface area contributed by atoms with Crippen molar-refractivity contribution >= 4 is 46.3 Å². The summed E-state index contributed by atoms with van der Waals surface area (Å²) >= 11 is 6.85. The zero-order valence-electron chi connectivity index (χ0n) is 16.7. The molecule has 0 N–H and O–H groups in total. The number of anilines is 1. The van der Waals surface area contributed by atoms with E-state index < -0.39 is 0 Å². The number of halogens is 1. The van der Waals surface area contributed by atoms with Crippen molar-refractivity contribution in [2.24, 2.45) is 0 Å². The first-order valence-electron chi connectivity index (χ1n) is 9.55. The summed E-state index contributed by atoms with van der Waals surface area (Å²) in [6.07, 6.45) is 1.77. The largest absolute Gasteiger partial charge is 0.454 e. The number of hydrogen-bond donors (Lipinski definition) is 0. The molecule has 156 valence electrons. The molecule has 0 aliphatic carbocycles. The predicted octanol–water partition coefficient (Wildman–Crippen LogP) is 5.72. The normalized spacial score (nSPS) is 16.6. The van der Waals surface area contributed by atoms with Crippen molar-refractivity contribution < 1.29 is 19.1 Å². The Bertz CT molecular complexity index is 1260. The third-order valence-electron chi connectivity index (χ3n) is 5.25. The Morgan fingerprint density at radius 2 is 1.68 bits per heavy atom. The highest BCUT2D eigenvalue weighted by molar-refractivity contribution is 8.19. The molecule has 3 heterocycles. The van der Waals surface area contributed by atoms with Crippen molar-refractivity contribution in [2.75, 3.05) is 11.7 Å². The molecule has 1 aromatic heterocycles. The van der Waals surface area contributed by atoms with Crippen LogP contribution in [0.15, 0.2) is 53.4 Å². The number of carbonyl (C=O) groups is 2. The number of thioether (sulfide) groups is 1. The van der Waals surface area contributed by atoms with Crippen LogP contribution < -0.4 is 14.4 Å². The molecule has 2 aromatic carbocycles. The molecule has 1 saturated heterocycles. The first-order valence-corrected chi connectivity index (χ1v) is 10.7. The number of aryl methyl sites for hydroxylation is 1. The quantitative estimate of drug-likeness (QED) is 0.476. The highest BCUT2D eigenvalue weighted by Crippen LogP contribution is 2.38. The zero-order chi connectivity index (χ0) is 21.7. The van der Waals surface area contributed by atoms with Crippen LogP contribution in [-0.4, -0.2) is 22.5 Å². The second-order valence-electron chi connectivity index (χ2n) is 7.19. The van der Waals surface area contributed by atoms with Crippen LogP contribution in [-0.2, 0) is 4.79 Å². The average Bonchev–Trinajstić information content (AvgIpc) is 3.39. The summed E-state index contributed by atoms with van der Waals surface area (Å²) in [6, 6.07) is 14.4. The van der Waals surface area contributed by atoms with Gasteiger partial charge in [0, 0.05) is 28.2 Å². The number of imide groups is 1. The molecule has 6 nitrogen and oxygen atoms in total. The van der Waals surface area contributed by atoms with Gasteiger partial charge in [-0.25, -0.2) is 4.90 Å². The van der Waals surface area contributed by atoms with Gasteiger partial charge in [-0.3, -0.25) is 9.59 Å². The molecule has 1 fully saturated rings. The van der Waals surface area contributed by atoms with Gasteiger partial charge < -0.3 is 14.0 Å². The van der Waals surface area contributed by atoms with Crippen LogP contribution in [0.1, 0.15) is 17.0 Å². The van der Waals surface area contributed by atoms with Gasteiger partial charge in [-0.1, -0.05) is 11.6 Å². The van der Waals surface area contributed by atoms with Gasteiger partial charge in [0.25, 0.3) is 11.1 Å². The van der Waals surface area contributed by atoms with E-state index in [0.717, 1.165) is 40.2 Å². The van der Waals surface area contributed by atoms with Gasteiger partial charge in [0.2, 0.25) is 6.79 Å². The highest BCUT2D eigenvalue weighted by atomic mass is 35.5. The summed E-state index contributed by atoms with van der Waals surface area (Å²) < 4.78 is 13.0.